The van der Waals surface area contributed by atoms with E-state index in [1.807, 2.05) is 31.7 Å². The van der Waals surface area contributed by atoms with E-state index in [1.54, 1.807) is 35.6 Å². The number of benzene rings is 2. The molecule has 0 radical (unpaired) electrons. The van der Waals surface area contributed by atoms with Crippen LogP contribution in [0.25, 0.3) is 0 Å². The lowest BCUT2D eigenvalue weighted by molar-refractivity contribution is 0.0627. The zero-order valence-corrected chi connectivity index (χ0v) is 20.7. The topological polar surface area (TPSA) is 82.6 Å². The van der Waals surface area contributed by atoms with Crippen molar-refractivity contribution in [3.05, 3.63) is 75.2 Å². The third kappa shape index (κ3) is 5.61. The summed E-state index contributed by atoms with van der Waals surface area (Å²) in [5.41, 5.74) is 4.19. The van der Waals surface area contributed by atoms with Gasteiger partial charge >= 0.3 is 0 Å². The van der Waals surface area contributed by atoms with Crippen LogP contribution in [0.15, 0.2) is 52.7 Å². The third-order valence-electron chi connectivity index (χ3n) is 5.88. The molecule has 9 heteroatoms. The molecule has 33 heavy (non-hydrogen) atoms. The van der Waals surface area contributed by atoms with Crippen LogP contribution in [0.1, 0.15) is 32.2 Å². The summed E-state index contributed by atoms with van der Waals surface area (Å²) in [6, 6.07) is 11.6. The summed E-state index contributed by atoms with van der Waals surface area (Å²) in [4.78, 5) is 21.7. The molecule has 1 N–H and O–H groups in total. The number of nitrogens with one attached hydrogen (secondary N) is 1. The molecular formula is C24H28N4O3S2. The lowest BCUT2D eigenvalue weighted by Crippen LogP contribution is -2.48. The number of aromatic nitrogens is 1. The van der Waals surface area contributed by atoms with Gasteiger partial charge in [0.15, 0.2) is 0 Å². The maximum absolute atomic E-state index is 12.9. The van der Waals surface area contributed by atoms with Crippen LogP contribution in [-0.2, 0) is 16.6 Å². The van der Waals surface area contributed by atoms with Crippen LogP contribution in [0, 0.1) is 20.8 Å². The van der Waals surface area contributed by atoms with E-state index in [2.05, 4.69) is 20.0 Å². The van der Waals surface area contributed by atoms with Gasteiger partial charge in [0.05, 0.1) is 15.6 Å². The number of carbonyl (C=O) groups excluding carboxylic acids is 1. The monoisotopic (exact) mass is 484 g/mol. The second kappa shape index (κ2) is 9.62. The minimum atomic E-state index is -3.73. The molecule has 0 spiro atoms. The number of anilines is 1. The molecule has 2 heterocycles. The number of sulfonamides is 1. The fraction of sp³-hybridized carbons (Fsp3) is 0.333. The molecule has 0 aliphatic carbocycles. The van der Waals surface area contributed by atoms with Gasteiger partial charge in [0, 0.05) is 49.4 Å². The lowest BCUT2D eigenvalue weighted by atomic mass is 10.1. The van der Waals surface area contributed by atoms with E-state index in [4.69, 9.17) is 0 Å². The van der Waals surface area contributed by atoms with Gasteiger partial charge in [-0.15, -0.1) is 11.3 Å². The van der Waals surface area contributed by atoms with E-state index in [-0.39, 0.29) is 10.8 Å². The molecule has 1 amide bonds. The number of carbonyl (C=O) groups is 1. The van der Waals surface area contributed by atoms with Crippen molar-refractivity contribution in [2.24, 2.45) is 0 Å². The van der Waals surface area contributed by atoms with Crippen molar-refractivity contribution in [3.8, 4) is 0 Å². The van der Waals surface area contributed by atoms with Gasteiger partial charge in [0.25, 0.3) is 15.9 Å². The number of piperazine rings is 1. The Bertz CT molecular complexity index is 1240. The summed E-state index contributed by atoms with van der Waals surface area (Å²) in [7, 11) is -3.73. The third-order valence-corrected chi connectivity index (χ3v) is 8.10. The molecule has 174 valence electrons. The summed E-state index contributed by atoms with van der Waals surface area (Å²) >= 11 is 1.65. The average Bonchev–Trinajstić information content (AvgIpc) is 3.21. The summed E-state index contributed by atoms with van der Waals surface area (Å²) in [6.45, 7) is 9.56. The molecule has 2 aromatic carbocycles. The van der Waals surface area contributed by atoms with E-state index in [0.29, 0.717) is 24.3 Å². The summed E-state index contributed by atoms with van der Waals surface area (Å²) in [5, 5.41) is 3.14. The number of nitrogens with zero attached hydrogens (tertiary/aromatic N) is 3. The van der Waals surface area contributed by atoms with Crippen molar-refractivity contribution in [2.45, 2.75) is 32.2 Å². The molecule has 1 saturated heterocycles. The normalized spacial score (nSPS) is 14.9. The molecule has 1 aromatic heterocycles. The molecule has 0 bridgehead atoms. The van der Waals surface area contributed by atoms with Crippen LogP contribution in [0.5, 0.6) is 0 Å². The van der Waals surface area contributed by atoms with Gasteiger partial charge in [-0.3, -0.25) is 14.4 Å². The van der Waals surface area contributed by atoms with Gasteiger partial charge in [-0.2, -0.15) is 0 Å². The highest BCUT2D eigenvalue weighted by Crippen LogP contribution is 2.20. The van der Waals surface area contributed by atoms with Gasteiger partial charge < -0.3 is 4.90 Å². The van der Waals surface area contributed by atoms with Crippen LogP contribution in [0.2, 0.25) is 0 Å². The van der Waals surface area contributed by atoms with E-state index in [9.17, 15) is 13.2 Å². The maximum Gasteiger partial charge on any atom is 0.261 e. The minimum absolute atomic E-state index is 0.0785. The van der Waals surface area contributed by atoms with Gasteiger partial charge in [-0.05, 0) is 68.3 Å². The van der Waals surface area contributed by atoms with E-state index >= 15 is 0 Å². The first-order valence-corrected chi connectivity index (χ1v) is 13.2. The van der Waals surface area contributed by atoms with Gasteiger partial charge in [0.2, 0.25) is 0 Å². The van der Waals surface area contributed by atoms with Crippen LogP contribution in [0.4, 0.5) is 5.69 Å². The standard InChI is InChI=1S/C24H28N4O3S2/c1-17-4-7-21(14-18(17)2)26-33(30,31)23-8-5-20(6-9-23)24(29)28-12-10-27(11-13-28)15-22-16-32-19(3)25-22/h4-9,14,16,26H,10-13,15H2,1-3H3. The largest absolute Gasteiger partial charge is 0.336 e. The smallest absolute Gasteiger partial charge is 0.261 e. The molecule has 7 nitrogen and oxygen atoms in total. The second-order valence-corrected chi connectivity index (χ2v) is 11.1. The Morgan fingerprint density at radius 2 is 1.70 bits per heavy atom. The second-order valence-electron chi connectivity index (χ2n) is 8.36. The Balaban J connectivity index is 1.36. The number of thiazole rings is 1. The lowest BCUT2D eigenvalue weighted by Gasteiger charge is -2.34. The molecular weight excluding hydrogens is 456 g/mol. The van der Waals surface area contributed by atoms with Crippen molar-refractivity contribution in [1.29, 1.82) is 0 Å². The Labute approximate surface area is 199 Å². The fourth-order valence-corrected chi connectivity index (χ4v) is 5.45. The zero-order chi connectivity index (χ0) is 23.6. The number of hydrogen-bond acceptors (Lipinski definition) is 6. The van der Waals surface area contributed by atoms with Crippen molar-refractivity contribution in [2.75, 3.05) is 30.9 Å². The Morgan fingerprint density at radius 1 is 1.00 bits per heavy atom. The quantitative estimate of drug-likeness (QED) is 0.575. The molecule has 0 saturated carbocycles. The van der Waals surface area contributed by atoms with Crippen LogP contribution >= 0.6 is 11.3 Å². The van der Waals surface area contributed by atoms with Gasteiger partial charge in [-0.25, -0.2) is 13.4 Å². The fourth-order valence-electron chi connectivity index (χ4n) is 3.80. The van der Waals surface area contributed by atoms with Crippen molar-refractivity contribution in [1.82, 2.24) is 14.8 Å². The summed E-state index contributed by atoms with van der Waals surface area (Å²) in [5.74, 6) is -0.0785. The van der Waals surface area contributed by atoms with Crippen LogP contribution in [-0.4, -0.2) is 55.3 Å². The molecule has 4 rings (SSSR count). The number of rotatable bonds is 6. The van der Waals surface area contributed by atoms with E-state index < -0.39 is 10.0 Å². The van der Waals surface area contributed by atoms with Crippen molar-refractivity contribution >= 4 is 33.0 Å². The van der Waals surface area contributed by atoms with Gasteiger partial charge in [-0.1, -0.05) is 6.07 Å². The van der Waals surface area contributed by atoms with Crippen molar-refractivity contribution < 1.29 is 13.2 Å². The Kier molecular flexibility index (Phi) is 6.83. The first kappa shape index (κ1) is 23.4. The molecule has 0 atom stereocenters. The molecule has 3 aromatic rings. The SMILES string of the molecule is Cc1nc(CN2CCN(C(=O)c3ccc(S(=O)(=O)Nc4ccc(C)c(C)c4)cc3)CC2)cs1. The van der Waals surface area contributed by atoms with Gasteiger partial charge in [0.1, 0.15) is 0 Å². The highest BCUT2D eigenvalue weighted by Gasteiger charge is 2.23. The average molecular weight is 485 g/mol. The first-order valence-electron chi connectivity index (χ1n) is 10.8. The van der Waals surface area contributed by atoms with E-state index in [0.717, 1.165) is 41.5 Å². The Morgan fingerprint density at radius 3 is 2.30 bits per heavy atom. The number of aryl methyl sites for hydroxylation is 3. The molecule has 1 aliphatic rings. The summed E-state index contributed by atoms with van der Waals surface area (Å²) < 4.78 is 28.1. The maximum atomic E-state index is 12.9. The highest BCUT2D eigenvalue weighted by molar-refractivity contribution is 7.92. The molecule has 1 aliphatic heterocycles. The molecule has 1 fully saturated rings. The number of hydrogen-bond donors (Lipinski definition) is 1. The summed E-state index contributed by atoms with van der Waals surface area (Å²) in [6.07, 6.45) is 0. The van der Waals surface area contributed by atoms with Crippen molar-refractivity contribution in [3.63, 3.8) is 0 Å². The minimum Gasteiger partial charge on any atom is -0.336 e. The molecule has 0 unspecified atom stereocenters. The number of amides is 1. The van der Waals surface area contributed by atoms with Crippen LogP contribution in [0.3, 0.4) is 0 Å². The van der Waals surface area contributed by atoms with Crippen LogP contribution < -0.4 is 4.72 Å². The predicted molar refractivity (Wildman–Crippen MR) is 131 cm³/mol. The zero-order valence-electron chi connectivity index (χ0n) is 19.0. The predicted octanol–water partition coefficient (Wildman–Crippen LogP) is 3.83. The Hall–Kier alpha value is -2.75. The highest BCUT2D eigenvalue weighted by atomic mass is 32.2. The van der Waals surface area contributed by atoms with E-state index in [1.165, 1.54) is 12.1 Å². The first-order chi connectivity index (χ1) is 15.7.